The molecule has 1 heterocycles. The van der Waals surface area contributed by atoms with Crippen LogP contribution in [-0.2, 0) is 0 Å². The molecule has 1 aliphatic rings. The van der Waals surface area contributed by atoms with Gasteiger partial charge in [0.25, 0.3) is 0 Å². The normalized spacial score (nSPS) is 13.1. The summed E-state index contributed by atoms with van der Waals surface area (Å²) in [5.74, 6) is 0. The van der Waals surface area contributed by atoms with Gasteiger partial charge in [-0.05, 0) is 29.7 Å². The van der Waals surface area contributed by atoms with E-state index < -0.39 is 0 Å². The van der Waals surface area contributed by atoms with Gasteiger partial charge in [0.2, 0.25) is 0 Å². The Morgan fingerprint density at radius 1 is 0.750 bits per heavy atom. The third-order valence-corrected chi connectivity index (χ3v) is 5.80. The first-order chi connectivity index (χ1) is 11.8. The molecule has 0 amide bonds. The maximum Gasteiger partial charge on any atom is 0.0884 e. The molecule has 1 nitrogen and oxygen atoms in total. The van der Waals surface area contributed by atoms with Gasteiger partial charge in [0.05, 0.1) is 10.7 Å². The minimum absolute atomic E-state index is 1.25. The molecule has 0 aromatic heterocycles. The van der Waals surface area contributed by atoms with Gasteiger partial charge in [0.15, 0.2) is 0 Å². The van der Waals surface area contributed by atoms with Crippen LogP contribution in [0.2, 0.25) is 0 Å². The van der Waals surface area contributed by atoms with Crippen LogP contribution in [-0.4, -0.2) is 7.05 Å². The zero-order chi connectivity index (χ0) is 16.5. The molecular formula is C22H19NS. The Hall–Kier alpha value is -2.45. The Morgan fingerprint density at radius 2 is 1.33 bits per heavy atom. The first-order valence-corrected chi connectivity index (χ1v) is 8.93. The fraction of sp³-hybridized carbons (Fsp3) is 0.0909. The van der Waals surface area contributed by atoms with Crippen LogP contribution in [0.4, 0.5) is 5.69 Å². The van der Waals surface area contributed by atoms with Gasteiger partial charge >= 0.3 is 0 Å². The molecule has 4 rings (SSSR count). The molecule has 0 bridgehead atoms. The van der Waals surface area contributed by atoms with Crippen molar-refractivity contribution < 1.29 is 0 Å². The summed E-state index contributed by atoms with van der Waals surface area (Å²) in [6.07, 6.45) is 0. The lowest BCUT2D eigenvalue weighted by molar-refractivity contribution is 1.16. The van der Waals surface area contributed by atoms with Crippen molar-refractivity contribution >= 4 is 23.0 Å². The predicted octanol–water partition coefficient (Wildman–Crippen LogP) is 5.95. The van der Waals surface area contributed by atoms with E-state index >= 15 is 0 Å². The van der Waals surface area contributed by atoms with Crippen LogP contribution in [0.1, 0.15) is 16.7 Å². The summed E-state index contributed by atoms with van der Waals surface area (Å²) in [4.78, 5) is 3.68. The first kappa shape index (κ1) is 15.1. The topological polar surface area (TPSA) is 3.24 Å². The zero-order valence-electron chi connectivity index (χ0n) is 13.9. The fourth-order valence-corrected chi connectivity index (χ4v) is 4.46. The molecule has 0 N–H and O–H groups in total. The molecule has 0 saturated heterocycles. The predicted molar refractivity (Wildman–Crippen MR) is 104 cm³/mol. The average molecular weight is 329 g/mol. The maximum absolute atomic E-state index is 2.32. The fourth-order valence-electron chi connectivity index (χ4n) is 3.15. The van der Waals surface area contributed by atoms with Crippen LogP contribution in [0.15, 0.2) is 88.8 Å². The summed E-state index contributed by atoms with van der Waals surface area (Å²) in [6.45, 7) is 2.19. The Bertz CT molecular complexity index is 856. The van der Waals surface area contributed by atoms with E-state index in [9.17, 15) is 0 Å². The molecule has 118 valence electrons. The number of aryl methyl sites for hydroxylation is 1. The van der Waals surface area contributed by atoms with Gasteiger partial charge in [-0.1, -0.05) is 84.6 Å². The van der Waals surface area contributed by atoms with Crippen molar-refractivity contribution in [1.82, 2.24) is 0 Å². The number of hydrogen-bond acceptors (Lipinski definition) is 2. The van der Waals surface area contributed by atoms with E-state index in [1.807, 2.05) is 11.8 Å². The molecule has 2 heteroatoms. The molecule has 0 atom stereocenters. The lowest BCUT2D eigenvalue weighted by Crippen LogP contribution is -2.12. The second-order valence-electron chi connectivity index (χ2n) is 6.00. The van der Waals surface area contributed by atoms with Crippen LogP contribution < -0.4 is 4.90 Å². The van der Waals surface area contributed by atoms with E-state index in [0.717, 1.165) is 0 Å². The first-order valence-electron chi connectivity index (χ1n) is 8.12. The van der Waals surface area contributed by atoms with Gasteiger partial charge in [-0.3, -0.25) is 0 Å². The van der Waals surface area contributed by atoms with Crippen LogP contribution >= 0.6 is 11.8 Å². The van der Waals surface area contributed by atoms with Gasteiger partial charge in [-0.15, -0.1) is 0 Å². The quantitative estimate of drug-likeness (QED) is 0.571. The van der Waals surface area contributed by atoms with E-state index in [4.69, 9.17) is 0 Å². The van der Waals surface area contributed by atoms with Crippen LogP contribution in [0.5, 0.6) is 0 Å². The molecule has 0 saturated carbocycles. The monoisotopic (exact) mass is 329 g/mol. The van der Waals surface area contributed by atoms with Crippen molar-refractivity contribution in [2.24, 2.45) is 0 Å². The number of hydrogen-bond donors (Lipinski definition) is 0. The average Bonchev–Trinajstić information content (AvgIpc) is 2.96. The van der Waals surface area contributed by atoms with Crippen molar-refractivity contribution in [2.45, 2.75) is 11.8 Å². The summed E-state index contributed by atoms with van der Waals surface area (Å²) in [5, 5.41) is 1.29. The van der Waals surface area contributed by atoms with Crippen LogP contribution in [0, 0.1) is 6.92 Å². The van der Waals surface area contributed by atoms with Crippen molar-refractivity contribution in [2.75, 3.05) is 11.9 Å². The minimum Gasteiger partial charge on any atom is -0.338 e. The number of thioether (sulfide) groups is 1. The second kappa shape index (κ2) is 6.21. The molecule has 0 spiro atoms. The van der Waals surface area contributed by atoms with Crippen molar-refractivity contribution in [3.05, 3.63) is 101 Å². The SMILES string of the molecule is Cc1cccc2c1SC(=C(c1ccccc1)c1ccccc1)N2C. The van der Waals surface area contributed by atoms with E-state index in [1.54, 1.807) is 0 Å². The smallest absolute Gasteiger partial charge is 0.0884 e. The van der Waals surface area contributed by atoms with Crippen molar-refractivity contribution in [3.8, 4) is 0 Å². The molecule has 0 aliphatic carbocycles. The molecule has 24 heavy (non-hydrogen) atoms. The number of nitrogens with zero attached hydrogens (tertiary/aromatic N) is 1. The third kappa shape index (κ3) is 2.53. The van der Waals surface area contributed by atoms with E-state index in [1.165, 1.54) is 37.9 Å². The van der Waals surface area contributed by atoms with Crippen molar-refractivity contribution in [3.63, 3.8) is 0 Å². The summed E-state index contributed by atoms with van der Waals surface area (Å²) in [6, 6.07) is 27.9. The lowest BCUT2D eigenvalue weighted by Gasteiger charge is -2.19. The molecule has 1 aliphatic heterocycles. The highest BCUT2D eigenvalue weighted by Gasteiger charge is 2.27. The summed E-state index contributed by atoms with van der Waals surface area (Å²) in [7, 11) is 2.17. The second-order valence-corrected chi connectivity index (χ2v) is 7.00. The molecular weight excluding hydrogens is 310 g/mol. The van der Waals surface area contributed by atoms with Gasteiger partial charge in [0.1, 0.15) is 0 Å². The Kier molecular flexibility index (Phi) is 3.91. The number of rotatable bonds is 2. The minimum atomic E-state index is 1.25. The summed E-state index contributed by atoms with van der Waals surface area (Å²) < 4.78 is 0. The van der Waals surface area contributed by atoms with E-state index in [-0.39, 0.29) is 0 Å². The van der Waals surface area contributed by atoms with Gasteiger partial charge < -0.3 is 4.90 Å². The lowest BCUT2D eigenvalue weighted by atomic mass is 9.98. The number of benzene rings is 3. The summed E-state index contributed by atoms with van der Waals surface area (Å²) >= 11 is 1.87. The Labute approximate surface area is 147 Å². The largest absolute Gasteiger partial charge is 0.338 e. The van der Waals surface area contributed by atoms with Gasteiger partial charge in [-0.25, -0.2) is 0 Å². The number of anilines is 1. The summed E-state index contributed by atoms with van der Waals surface area (Å²) in [5.41, 5.74) is 6.42. The molecule has 3 aromatic carbocycles. The Morgan fingerprint density at radius 3 is 1.88 bits per heavy atom. The maximum atomic E-state index is 2.32. The van der Waals surface area contributed by atoms with Crippen molar-refractivity contribution in [1.29, 1.82) is 0 Å². The highest BCUT2D eigenvalue weighted by Crippen LogP contribution is 2.50. The van der Waals surface area contributed by atoms with Gasteiger partial charge in [0, 0.05) is 17.5 Å². The van der Waals surface area contributed by atoms with E-state index in [2.05, 4.69) is 97.7 Å². The highest BCUT2D eigenvalue weighted by molar-refractivity contribution is 8.04. The molecule has 0 unspecified atom stereocenters. The van der Waals surface area contributed by atoms with Crippen LogP contribution in [0.25, 0.3) is 5.57 Å². The van der Waals surface area contributed by atoms with Gasteiger partial charge in [-0.2, -0.15) is 0 Å². The van der Waals surface area contributed by atoms with Crippen LogP contribution in [0.3, 0.4) is 0 Å². The molecule has 0 fully saturated rings. The molecule has 3 aromatic rings. The van der Waals surface area contributed by atoms with E-state index in [0.29, 0.717) is 0 Å². The zero-order valence-corrected chi connectivity index (χ0v) is 14.7. The highest BCUT2D eigenvalue weighted by atomic mass is 32.2. The Balaban J connectivity index is 1.95. The number of fused-ring (bicyclic) bond motifs is 1. The standard InChI is InChI=1S/C22H19NS/c1-16-10-9-15-19-21(16)24-22(23(19)2)20(17-11-5-3-6-12-17)18-13-7-4-8-14-18/h3-15H,1-2H3. The third-order valence-electron chi connectivity index (χ3n) is 4.39. The molecule has 0 radical (unpaired) electrons.